The zero-order valence-electron chi connectivity index (χ0n) is 11.4. The van der Waals surface area contributed by atoms with Crippen molar-refractivity contribution in [2.75, 3.05) is 24.6 Å². The van der Waals surface area contributed by atoms with Gasteiger partial charge >= 0.3 is 0 Å². The van der Waals surface area contributed by atoms with Gasteiger partial charge in [-0.05, 0) is 24.8 Å². The fourth-order valence-corrected chi connectivity index (χ4v) is 2.35. The first-order valence-corrected chi connectivity index (χ1v) is 6.85. The first-order chi connectivity index (χ1) is 9.26. The molecule has 0 spiro atoms. The Bertz CT molecular complexity index is 522. The molecule has 0 saturated heterocycles. The number of fused-ring (bicyclic) bond motifs is 1. The van der Waals surface area contributed by atoms with Crippen LogP contribution in [0.5, 0.6) is 0 Å². The second-order valence-electron chi connectivity index (χ2n) is 4.81. The van der Waals surface area contributed by atoms with E-state index in [4.69, 9.17) is 10.8 Å². The molecular weight excluding hydrogens is 236 g/mol. The van der Waals surface area contributed by atoms with Crippen LogP contribution in [0.4, 0.5) is 5.69 Å². The fourth-order valence-electron chi connectivity index (χ4n) is 2.35. The molecule has 0 saturated carbocycles. The molecule has 2 aromatic carbocycles. The topological polar surface area (TPSA) is 49.5 Å². The largest absolute Gasteiger partial charge is 0.395 e. The third-order valence-electron chi connectivity index (χ3n) is 3.49. The second-order valence-corrected chi connectivity index (χ2v) is 4.81. The summed E-state index contributed by atoms with van der Waals surface area (Å²) >= 11 is 0. The standard InChI is InChI=1S/C16H22N2O/c1-2-18(11-10-14(17)12-19)16-9-5-7-13-6-3-4-8-15(13)16/h3-9,14,19H,2,10-12,17H2,1H3. The Balaban J connectivity index is 2.25. The Morgan fingerprint density at radius 1 is 1.16 bits per heavy atom. The van der Waals surface area contributed by atoms with Gasteiger partial charge in [0.2, 0.25) is 0 Å². The molecule has 0 fully saturated rings. The maximum absolute atomic E-state index is 9.02. The Labute approximate surface area is 114 Å². The number of aliphatic hydroxyl groups excluding tert-OH is 1. The average Bonchev–Trinajstić information content (AvgIpc) is 2.47. The van der Waals surface area contributed by atoms with E-state index in [9.17, 15) is 0 Å². The molecule has 1 atom stereocenters. The number of benzene rings is 2. The summed E-state index contributed by atoms with van der Waals surface area (Å²) in [7, 11) is 0. The molecule has 19 heavy (non-hydrogen) atoms. The summed E-state index contributed by atoms with van der Waals surface area (Å²) < 4.78 is 0. The molecule has 0 bridgehead atoms. The van der Waals surface area contributed by atoms with Gasteiger partial charge in [0.15, 0.2) is 0 Å². The lowest BCUT2D eigenvalue weighted by Crippen LogP contribution is -2.32. The number of nitrogens with zero attached hydrogens (tertiary/aromatic N) is 1. The number of rotatable bonds is 6. The van der Waals surface area contributed by atoms with Gasteiger partial charge in [-0.15, -0.1) is 0 Å². The van der Waals surface area contributed by atoms with Gasteiger partial charge in [-0.25, -0.2) is 0 Å². The molecule has 0 amide bonds. The third kappa shape index (κ3) is 3.25. The van der Waals surface area contributed by atoms with Crippen molar-refractivity contribution in [3.05, 3.63) is 42.5 Å². The number of hydrogen-bond acceptors (Lipinski definition) is 3. The Morgan fingerprint density at radius 3 is 2.63 bits per heavy atom. The van der Waals surface area contributed by atoms with Crippen molar-refractivity contribution in [1.29, 1.82) is 0 Å². The van der Waals surface area contributed by atoms with Crippen LogP contribution in [0.15, 0.2) is 42.5 Å². The van der Waals surface area contributed by atoms with Crippen molar-refractivity contribution in [2.45, 2.75) is 19.4 Å². The van der Waals surface area contributed by atoms with Gasteiger partial charge < -0.3 is 15.7 Å². The number of aliphatic hydroxyl groups is 1. The van der Waals surface area contributed by atoms with Crippen molar-refractivity contribution in [1.82, 2.24) is 0 Å². The summed E-state index contributed by atoms with van der Waals surface area (Å²) in [5.41, 5.74) is 7.03. The average molecular weight is 258 g/mol. The van der Waals surface area contributed by atoms with Crippen molar-refractivity contribution in [2.24, 2.45) is 5.73 Å². The summed E-state index contributed by atoms with van der Waals surface area (Å²) in [5.74, 6) is 0. The normalized spacial score (nSPS) is 12.6. The molecule has 0 radical (unpaired) electrons. The van der Waals surface area contributed by atoms with E-state index in [0.717, 1.165) is 19.5 Å². The van der Waals surface area contributed by atoms with Gasteiger partial charge in [0, 0.05) is 30.2 Å². The van der Waals surface area contributed by atoms with E-state index in [0.29, 0.717) is 0 Å². The molecule has 3 heteroatoms. The van der Waals surface area contributed by atoms with Crippen LogP contribution in [0.2, 0.25) is 0 Å². The lowest BCUT2D eigenvalue weighted by Gasteiger charge is -2.25. The lowest BCUT2D eigenvalue weighted by atomic mass is 10.1. The van der Waals surface area contributed by atoms with E-state index in [1.165, 1.54) is 16.5 Å². The van der Waals surface area contributed by atoms with Crippen LogP contribution >= 0.6 is 0 Å². The Kier molecular flexibility index (Phi) is 4.77. The van der Waals surface area contributed by atoms with Gasteiger partial charge in [0.05, 0.1) is 6.61 Å². The number of anilines is 1. The van der Waals surface area contributed by atoms with Crippen molar-refractivity contribution >= 4 is 16.5 Å². The van der Waals surface area contributed by atoms with Crippen LogP contribution in [0, 0.1) is 0 Å². The number of nitrogens with two attached hydrogens (primary N) is 1. The van der Waals surface area contributed by atoms with Crippen molar-refractivity contribution in [3.63, 3.8) is 0 Å². The molecule has 3 N–H and O–H groups in total. The summed E-state index contributed by atoms with van der Waals surface area (Å²) in [6.07, 6.45) is 0.799. The lowest BCUT2D eigenvalue weighted by molar-refractivity contribution is 0.261. The zero-order valence-corrected chi connectivity index (χ0v) is 11.4. The highest BCUT2D eigenvalue weighted by molar-refractivity contribution is 5.94. The first-order valence-electron chi connectivity index (χ1n) is 6.85. The SMILES string of the molecule is CCN(CCC(N)CO)c1cccc2ccccc12. The maximum Gasteiger partial charge on any atom is 0.0583 e. The summed E-state index contributed by atoms with van der Waals surface area (Å²) in [6, 6.07) is 14.6. The predicted molar refractivity (Wildman–Crippen MR) is 81.5 cm³/mol. The van der Waals surface area contributed by atoms with Gasteiger partial charge in [0.25, 0.3) is 0 Å². The molecule has 0 aliphatic rings. The maximum atomic E-state index is 9.02. The van der Waals surface area contributed by atoms with Gasteiger partial charge in [-0.1, -0.05) is 36.4 Å². The van der Waals surface area contributed by atoms with E-state index < -0.39 is 0 Å². The molecule has 2 aromatic rings. The highest BCUT2D eigenvalue weighted by atomic mass is 16.3. The highest BCUT2D eigenvalue weighted by Gasteiger charge is 2.09. The van der Waals surface area contributed by atoms with Crippen molar-refractivity contribution < 1.29 is 5.11 Å². The van der Waals surface area contributed by atoms with E-state index in [-0.39, 0.29) is 12.6 Å². The van der Waals surface area contributed by atoms with Crippen LogP contribution in [0.25, 0.3) is 10.8 Å². The summed E-state index contributed by atoms with van der Waals surface area (Å²) in [6.45, 7) is 4.00. The molecular formula is C16H22N2O. The van der Waals surface area contributed by atoms with Crippen LogP contribution in [-0.2, 0) is 0 Å². The molecule has 0 aliphatic heterocycles. The second kappa shape index (κ2) is 6.55. The van der Waals surface area contributed by atoms with Gasteiger partial charge in [-0.2, -0.15) is 0 Å². The Morgan fingerprint density at radius 2 is 1.89 bits per heavy atom. The predicted octanol–water partition coefficient (Wildman–Crippen LogP) is 2.38. The van der Waals surface area contributed by atoms with Crippen molar-refractivity contribution in [3.8, 4) is 0 Å². The van der Waals surface area contributed by atoms with E-state index in [1.54, 1.807) is 0 Å². The minimum absolute atomic E-state index is 0.0487. The smallest absolute Gasteiger partial charge is 0.0583 e. The van der Waals surface area contributed by atoms with Gasteiger partial charge in [-0.3, -0.25) is 0 Å². The van der Waals surface area contributed by atoms with Crippen LogP contribution < -0.4 is 10.6 Å². The summed E-state index contributed by atoms with van der Waals surface area (Å²) in [4.78, 5) is 2.32. The quantitative estimate of drug-likeness (QED) is 0.836. The highest BCUT2D eigenvalue weighted by Crippen LogP contribution is 2.26. The molecule has 0 aliphatic carbocycles. The third-order valence-corrected chi connectivity index (χ3v) is 3.49. The van der Waals surface area contributed by atoms with E-state index >= 15 is 0 Å². The molecule has 102 valence electrons. The molecule has 3 nitrogen and oxygen atoms in total. The minimum atomic E-state index is -0.135. The van der Waals surface area contributed by atoms with E-state index in [1.807, 2.05) is 0 Å². The monoisotopic (exact) mass is 258 g/mol. The van der Waals surface area contributed by atoms with Crippen LogP contribution in [0.1, 0.15) is 13.3 Å². The van der Waals surface area contributed by atoms with E-state index in [2.05, 4.69) is 54.3 Å². The number of hydrogen-bond donors (Lipinski definition) is 2. The molecule has 0 heterocycles. The Hall–Kier alpha value is -1.58. The minimum Gasteiger partial charge on any atom is -0.395 e. The van der Waals surface area contributed by atoms with Gasteiger partial charge in [0.1, 0.15) is 0 Å². The molecule has 2 rings (SSSR count). The first kappa shape index (κ1) is 13.8. The van der Waals surface area contributed by atoms with Crippen LogP contribution in [-0.4, -0.2) is 30.8 Å². The van der Waals surface area contributed by atoms with Crippen LogP contribution in [0.3, 0.4) is 0 Å². The molecule has 0 aromatic heterocycles. The zero-order chi connectivity index (χ0) is 13.7. The summed E-state index contributed by atoms with van der Waals surface area (Å²) in [5, 5.41) is 11.5. The molecule has 1 unspecified atom stereocenters. The fraction of sp³-hybridized carbons (Fsp3) is 0.375.